The van der Waals surface area contributed by atoms with Crippen LogP contribution in [-0.4, -0.2) is 32.3 Å². The number of nitrogens with zero attached hydrogens (tertiary/aromatic N) is 1. The molecule has 0 aromatic heterocycles. The molecular formula is C16H28IN3O. The molecule has 1 aromatic carbocycles. The van der Waals surface area contributed by atoms with Gasteiger partial charge in [0.1, 0.15) is 0 Å². The van der Waals surface area contributed by atoms with Crippen LogP contribution in [0.3, 0.4) is 0 Å². The Hall–Kier alpha value is -0.820. The van der Waals surface area contributed by atoms with E-state index in [0.717, 1.165) is 38.7 Å². The van der Waals surface area contributed by atoms with Gasteiger partial charge in [0.2, 0.25) is 0 Å². The number of hydrogen-bond donors (Lipinski definition) is 2. The topological polar surface area (TPSA) is 45.7 Å². The van der Waals surface area contributed by atoms with Crippen molar-refractivity contribution in [1.29, 1.82) is 0 Å². The molecule has 5 heteroatoms. The summed E-state index contributed by atoms with van der Waals surface area (Å²) >= 11 is 0. The molecule has 0 bridgehead atoms. The van der Waals surface area contributed by atoms with Crippen LogP contribution < -0.4 is 10.6 Å². The first kappa shape index (κ1) is 20.2. The van der Waals surface area contributed by atoms with Gasteiger partial charge in [0.25, 0.3) is 0 Å². The molecular weight excluding hydrogens is 377 g/mol. The Kier molecular flexibility index (Phi) is 12.4. The molecule has 0 aliphatic heterocycles. The zero-order valence-corrected chi connectivity index (χ0v) is 15.6. The summed E-state index contributed by atoms with van der Waals surface area (Å²) in [7, 11) is 0. The Bertz CT molecular complexity index is 384. The van der Waals surface area contributed by atoms with Gasteiger partial charge in [-0.1, -0.05) is 30.3 Å². The number of halogens is 1. The highest BCUT2D eigenvalue weighted by atomic mass is 127. The number of ether oxygens (including phenoxy) is 1. The van der Waals surface area contributed by atoms with Gasteiger partial charge >= 0.3 is 0 Å². The van der Waals surface area contributed by atoms with Gasteiger partial charge < -0.3 is 15.4 Å². The predicted molar refractivity (Wildman–Crippen MR) is 100 cm³/mol. The van der Waals surface area contributed by atoms with Crippen LogP contribution in [0.5, 0.6) is 0 Å². The van der Waals surface area contributed by atoms with Crippen molar-refractivity contribution in [1.82, 2.24) is 10.6 Å². The second kappa shape index (κ2) is 12.9. The summed E-state index contributed by atoms with van der Waals surface area (Å²) in [6.45, 7) is 9.40. The minimum absolute atomic E-state index is 0. The van der Waals surface area contributed by atoms with Gasteiger partial charge in [-0.05, 0) is 32.8 Å². The molecule has 0 heterocycles. The molecule has 0 radical (unpaired) electrons. The average molecular weight is 405 g/mol. The number of guanidine groups is 1. The highest BCUT2D eigenvalue weighted by molar-refractivity contribution is 14.0. The molecule has 1 aromatic rings. The largest absolute Gasteiger partial charge is 0.382 e. The van der Waals surface area contributed by atoms with Crippen molar-refractivity contribution in [3.05, 3.63) is 35.9 Å². The molecule has 4 nitrogen and oxygen atoms in total. The van der Waals surface area contributed by atoms with Crippen molar-refractivity contribution >= 4 is 29.9 Å². The Morgan fingerprint density at radius 1 is 1.24 bits per heavy atom. The third kappa shape index (κ3) is 8.93. The molecule has 0 aliphatic carbocycles. The number of nitrogens with one attached hydrogen (secondary N) is 2. The average Bonchev–Trinajstić information content (AvgIpc) is 2.48. The molecule has 0 amide bonds. The number of hydrogen-bond acceptors (Lipinski definition) is 2. The fourth-order valence-corrected chi connectivity index (χ4v) is 1.85. The summed E-state index contributed by atoms with van der Waals surface area (Å²) in [6.07, 6.45) is 0.949. The van der Waals surface area contributed by atoms with Crippen molar-refractivity contribution in [2.24, 2.45) is 4.99 Å². The van der Waals surface area contributed by atoms with Gasteiger partial charge in [0.15, 0.2) is 5.96 Å². The summed E-state index contributed by atoms with van der Waals surface area (Å²) in [5.41, 5.74) is 1.26. The molecule has 0 aliphatic rings. The molecule has 1 unspecified atom stereocenters. The fourth-order valence-electron chi connectivity index (χ4n) is 1.85. The molecule has 1 rings (SSSR count). The third-order valence-electron chi connectivity index (χ3n) is 2.92. The van der Waals surface area contributed by atoms with Crippen LogP contribution in [0, 0.1) is 0 Å². The predicted octanol–water partition coefficient (Wildman–Crippen LogP) is 3.35. The third-order valence-corrected chi connectivity index (χ3v) is 2.92. The lowest BCUT2D eigenvalue weighted by atomic mass is 10.1. The van der Waals surface area contributed by atoms with E-state index in [9.17, 15) is 0 Å². The maximum atomic E-state index is 5.32. The lowest BCUT2D eigenvalue weighted by Gasteiger charge is -2.18. The van der Waals surface area contributed by atoms with E-state index in [-0.39, 0.29) is 30.0 Å². The van der Waals surface area contributed by atoms with Crippen LogP contribution in [0.4, 0.5) is 0 Å². The van der Waals surface area contributed by atoms with E-state index < -0.39 is 0 Å². The fraction of sp³-hybridized carbons (Fsp3) is 0.562. The van der Waals surface area contributed by atoms with Gasteiger partial charge in [-0.15, -0.1) is 24.0 Å². The highest BCUT2D eigenvalue weighted by Crippen LogP contribution is 2.10. The van der Waals surface area contributed by atoms with Gasteiger partial charge in [-0.3, -0.25) is 4.99 Å². The van der Waals surface area contributed by atoms with Gasteiger partial charge in [-0.2, -0.15) is 0 Å². The van der Waals surface area contributed by atoms with Crippen molar-refractivity contribution in [3.63, 3.8) is 0 Å². The van der Waals surface area contributed by atoms with Crippen LogP contribution in [0.1, 0.15) is 38.8 Å². The lowest BCUT2D eigenvalue weighted by molar-refractivity contribution is 0.146. The first-order valence-electron chi connectivity index (χ1n) is 7.45. The summed E-state index contributed by atoms with van der Waals surface area (Å²) < 4.78 is 5.32. The van der Waals surface area contributed by atoms with E-state index in [0.29, 0.717) is 0 Å². The normalized spacial score (nSPS) is 12.4. The molecule has 21 heavy (non-hydrogen) atoms. The number of aliphatic imine (C=N–C) groups is 1. The van der Waals surface area contributed by atoms with Crippen LogP contribution >= 0.6 is 24.0 Å². The Balaban J connectivity index is 0.00000400. The maximum absolute atomic E-state index is 5.32. The van der Waals surface area contributed by atoms with E-state index >= 15 is 0 Å². The SMILES string of the molecule is CCNC(=NCCCOCC)NC(C)c1ccccc1.I. The molecule has 120 valence electrons. The standard InChI is InChI=1S/C16H27N3O.HI/c1-4-17-16(18-12-9-13-20-5-2)19-14(3)15-10-7-6-8-11-15;/h6-8,10-11,14H,4-5,9,12-13H2,1-3H3,(H2,17,18,19);1H. The van der Waals surface area contributed by atoms with Crippen molar-refractivity contribution in [3.8, 4) is 0 Å². The van der Waals surface area contributed by atoms with E-state index in [1.54, 1.807) is 0 Å². The monoisotopic (exact) mass is 405 g/mol. The van der Waals surface area contributed by atoms with Crippen LogP contribution in [-0.2, 0) is 4.74 Å². The minimum atomic E-state index is 0. The summed E-state index contributed by atoms with van der Waals surface area (Å²) in [5, 5.41) is 6.70. The number of rotatable bonds is 8. The van der Waals surface area contributed by atoms with E-state index in [4.69, 9.17) is 4.74 Å². The summed E-state index contributed by atoms with van der Waals surface area (Å²) in [6, 6.07) is 10.6. The van der Waals surface area contributed by atoms with Crippen LogP contribution in [0.2, 0.25) is 0 Å². The van der Waals surface area contributed by atoms with Crippen LogP contribution in [0.25, 0.3) is 0 Å². The lowest BCUT2D eigenvalue weighted by Crippen LogP contribution is -2.38. The molecule has 0 saturated carbocycles. The maximum Gasteiger partial charge on any atom is 0.191 e. The zero-order chi connectivity index (χ0) is 14.6. The summed E-state index contributed by atoms with van der Waals surface area (Å²) in [4.78, 5) is 4.57. The Morgan fingerprint density at radius 2 is 1.95 bits per heavy atom. The second-order valence-electron chi connectivity index (χ2n) is 4.59. The quantitative estimate of drug-likeness (QED) is 0.302. The molecule has 2 N–H and O–H groups in total. The smallest absolute Gasteiger partial charge is 0.191 e. The Morgan fingerprint density at radius 3 is 2.57 bits per heavy atom. The molecule has 0 spiro atoms. The van der Waals surface area contributed by atoms with Crippen molar-refractivity contribution in [2.75, 3.05) is 26.3 Å². The van der Waals surface area contributed by atoms with Crippen LogP contribution in [0.15, 0.2) is 35.3 Å². The van der Waals surface area contributed by atoms with Gasteiger partial charge in [-0.25, -0.2) is 0 Å². The van der Waals surface area contributed by atoms with Gasteiger partial charge in [0.05, 0.1) is 6.04 Å². The minimum Gasteiger partial charge on any atom is -0.382 e. The number of benzene rings is 1. The first-order chi connectivity index (χ1) is 9.77. The molecule has 0 fully saturated rings. The van der Waals surface area contributed by atoms with Crippen molar-refractivity contribution < 1.29 is 4.74 Å². The van der Waals surface area contributed by atoms with Crippen molar-refractivity contribution in [2.45, 2.75) is 33.2 Å². The zero-order valence-electron chi connectivity index (χ0n) is 13.3. The highest BCUT2D eigenvalue weighted by Gasteiger charge is 2.06. The molecule has 1 atom stereocenters. The second-order valence-corrected chi connectivity index (χ2v) is 4.59. The van der Waals surface area contributed by atoms with Gasteiger partial charge in [0, 0.05) is 26.3 Å². The van der Waals surface area contributed by atoms with E-state index in [1.165, 1.54) is 5.56 Å². The first-order valence-corrected chi connectivity index (χ1v) is 7.45. The molecule has 0 saturated heterocycles. The van der Waals surface area contributed by atoms with E-state index in [2.05, 4.69) is 53.7 Å². The Labute approximate surface area is 145 Å². The summed E-state index contributed by atoms with van der Waals surface area (Å²) in [5.74, 6) is 0.861. The van der Waals surface area contributed by atoms with E-state index in [1.807, 2.05) is 13.0 Å².